The second-order valence-electron chi connectivity index (χ2n) is 9.08. The average Bonchev–Trinajstić information content (AvgIpc) is 3.25. The zero-order valence-electron chi connectivity index (χ0n) is 21.1. The zero-order chi connectivity index (χ0) is 26.7. The molecule has 0 saturated carbocycles. The standard InChI is InChI=1S/C31H32O7/c1-2-12-26-28(32)29(35-20-22-13-6-3-7-14-22)27(38-26)19-25(37-31(34)24-17-10-5-11-18-24)21-36-30(33)23-15-8-4-9-16-23/h2-11,13-18,25-29,32H,1,12,19-21H2/t25-,26-,27?,28-,29-/m0/s1. The van der Waals surface area contributed by atoms with Gasteiger partial charge in [0.1, 0.15) is 24.9 Å². The first-order valence-corrected chi connectivity index (χ1v) is 12.6. The van der Waals surface area contributed by atoms with Crippen molar-refractivity contribution < 1.29 is 33.6 Å². The Labute approximate surface area is 222 Å². The Morgan fingerprint density at radius 2 is 1.45 bits per heavy atom. The van der Waals surface area contributed by atoms with Crippen molar-refractivity contribution in [2.45, 2.75) is 50.0 Å². The number of ether oxygens (including phenoxy) is 4. The van der Waals surface area contributed by atoms with Gasteiger partial charge in [-0.2, -0.15) is 0 Å². The molecule has 0 amide bonds. The minimum Gasteiger partial charge on any atom is -0.458 e. The summed E-state index contributed by atoms with van der Waals surface area (Å²) in [5.74, 6) is -1.07. The van der Waals surface area contributed by atoms with E-state index in [4.69, 9.17) is 18.9 Å². The van der Waals surface area contributed by atoms with Crippen molar-refractivity contribution in [1.29, 1.82) is 0 Å². The summed E-state index contributed by atoms with van der Waals surface area (Å²) in [6, 6.07) is 26.8. The molecule has 1 saturated heterocycles. The van der Waals surface area contributed by atoms with Gasteiger partial charge in [0.05, 0.1) is 29.9 Å². The third-order valence-electron chi connectivity index (χ3n) is 6.31. The number of aliphatic hydroxyl groups is 1. The molecule has 0 aliphatic carbocycles. The van der Waals surface area contributed by atoms with E-state index in [1.165, 1.54) is 0 Å². The number of hydrogen-bond acceptors (Lipinski definition) is 7. The summed E-state index contributed by atoms with van der Waals surface area (Å²) in [6.45, 7) is 3.85. The Kier molecular flexibility index (Phi) is 9.81. The maximum absolute atomic E-state index is 12.9. The summed E-state index contributed by atoms with van der Waals surface area (Å²) in [5, 5.41) is 11.0. The van der Waals surface area contributed by atoms with Gasteiger partial charge in [0, 0.05) is 6.42 Å². The minimum absolute atomic E-state index is 0.158. The van der Waals surface area contributed by atoms with Crippen LogP contribution in [-0.4, -0.2) is 54.2 Å². The molecule has 0 radical (unpaired) electrons. The molecule has 1 N–H and O–H groups in total. The number of aliphatic hydroxyl groups excluding tert-OH is 1. The third-order valence-corrected chi connectivity index (χ3v) is 6.31. The van der Waals surface area contributed by atoms with Crippen LogP contribution in [0.3, 0.4) is 0 Å². The predicted molar refractivity (Wildman–Crippen MR) is 141 cm³/mol. The number of carbonyl (C=O) groups excluding carboxylic acids is 2. The van der Waals surface area contributed by atoms with E-state index in [9.17, 15) is 14.7 Å². The molecule has 0 spiro atoms. The van der Waals surface area contributed by atoms with Gasteiger partial charge in [0.2, 0.25) is 0 Å². The van der Waals surface area contributed by atoms with Gasteiger partial charge >= 0.3 is 11.9 Å². The van der Waals surface area contributed by atoms with Crippen molar-refractivity contribution in [3.63, 3.8) is 0 Å². The number of esters is 2. The molecule has 3 aromatic rings. The fourth-order valence-corrected chi connectivity index (χ4v) is 4.36. The summed E-state index contributed by atoms with van der Waals surface area (Å²) >= 11 is 0. The molecule has 1 fully saturated rings. The maximum atomic E-state index is 12.9. The van der Waals surface area contributed by atoms with Crippen LogP contribution in [0.2, 0.25) is 0 Å². The maximum Gasteiger partial charge on any atom is 0.338 e. The van der Waals surface area contributed by atoms with Gasteiger partial charge in [-0.3, -0.25) is 0 Å². The smallest absolute Gasteiger partial charge is 0.338 e. The first kappa shape index (κ1) is 27.3. The highest BCUT2D eigenvalue weighted by Crippen LogP contribution is 2.31. The highest BCUT2D eigenvalue weighted by molar-refractivity contribution is 5.90. The largest absolute Gasteiger partial charge is 0.458 e. The molecule has 3 aromatic carbocycles. The van der Waals surface area contributed by atoms with Crippen molar-refractivity contribution in [3.8, 4) is 0 Å². The third kappa shape index (κ3) is 7.38. The highest BCUT2D eigenvalue weighted by atomic mass is 16.6. The van der Waals surface area contributed by atoms with E-state index < -0.39 is 42.5 Å². The van der Waals surface area contributed by atoms with Crippen LogP contribution in [0.4, 0.5) is 0 Å². The van der Waals surface area contributed by atoms with Crippen LogP contribution in [-0.2, 0) is 25.6 Å². The molecule has 0 aromatic heterocycles. The molecule has 7 heteroatoms. The van der Waals surface area contributed by atoms with Crippen molar-refractivity contribution in [2.24, 2.45) is 0 Å². The second kappa shape index (κ2) is 13.7. The lowest BCUT2D eigenvalue weighted by Crippen LogP contribution is -2.38. The van der Waals surface area contributed by atoms with Crippen molar-refractivity contribution in [2.75, 3.05) is 6.61 Å². The molecular formula is C31H32O7. The van der Waals surface area contributed by atoms with Crippen LogP contribution < -0.4 is 0 Å². The molecule has 0 bridgehead atoms. The highest BCUT2D eigenvalue weighted by Gasteiger charge is 2.45. The zero-order valence-corrected chi connectivity index (χ0v) is 21.1. The normalized spacial score (nSPS) is 21.4. The van der Waals surface area contributed by atoms with E-state index in [0.29, 0.717) is 17.5 Å². The van der Waals surface area contributed by atoms with Crippen molar-refractivity contribution in [1.82, 2.24) is 0 Å². The van der Waals surface area contributed by atoms with Gasteiger partial charge in [0.15, 0.2) is 0 Å². The van der Waals surface area contributed by atoms with Gasteiger partial charge < -0.3 is 24.1 Å². The van der Waals surface area contributed by atoms with Gasteiger partial charge in [0.25, 0.3) is 0 Å². The second-order valence-corrected chi connectivity index (χ2v) is 9.08. The van der Waals surface area contributed by atoms with Gasteiger partial charge in [-0.15, -0.1) is 6.58 Å². The Morgan fingerprint density at radius 3 is 2.05 bits per heavy atom. The lowest BCUT2D eigenvalue weighted by Gasteiger charge is -2.25. The van der Waals surface area contributed by atoms with E-state index in [2.05, 4.69) is 6.58 Å². The fourth-order valence-electron chi connectivity index (χ4n) is 4.36. The Bertz CT molecular complexity index is 1170. The van der Waals surface area contributed by atoms with Crippen molar-refractivity contribution in [3.05, 3.63) is 120 Å². The molecule has 5 atom stereocenters. The van der Waals surface area contributed by atoms with Crippen LogP contribution in [0.5, 0.6) is 0 Å². The van der Waals surface area contributed by atoms with E-state index in [1.807, 2.05) is 30.3 Å². The average molecular weight is 517 g/mol. The lowest BCUT2D eigenvalue weighted by molar-refractivity contribution is -0.0690. The van der Waals surface area contributed by atoms with E-state index in [-0.39, 0.29) is 19.6 Å². The SMILES string of the molecule is C=CC[C@@H]1OC(C[C@@H](COC(=O)c2ccccc2)OC(=O)c2ccccc2)[C@H](OCc2ccccc2)[C@H]1O. The monoisotopic (exact) mass is 516 g/mol. The summed E-state index contributed by atoms with van der Waals surface area (Å²) in [7, 11) is 0. The first-order valence-electron chi connectivity index (χ1n) is 12.6. The quantitative estimate of drug-likeness (QED) is 0.274. The Balaban J connectivity index is 1.49. The van der Waals surface area contributed by atoms with Crippen molar-refractivity contribution >= 4 is 11.9 Å². The number of rotatable bonds is 12. The summed E-state index contributed by atoms with van der Waals surface area (Å²) < 4.78 is 23.5. The van der Waals surface area contributed by atoms with Crippen LogP contribution in [0.1, 0.15) is 39.1 Å². The van der Waals surface area contributed by atoms with Crippen LogP contribution in [0.25, 0.3) is 0 Å². The molecule has 198 valence electrons. The minimum atomic E-state index is -0.904. The summed E-state index contributed by atoms with van der Waals surface area (Å²) in [6.07, 6.45) is -1.28. The Hall–Kier alpha value is -3.78. The van der Waals surface area contributed by atoms with Crippen LogP contribution in [0, 0.1) is 0 Å². The molecule has 1 unspecified atom stereocenters. The first-order chi connectivity index (χ1) is 18.5. The summed E-state index contributed by atoms with van der Waals surface area (Å²) in [5.41, 5.74) is 1.72. The molecule has 1 heterocycles. The van der Waals surface area contributed by atoms with Gasteiger partial charge in [-0.05, 0) is 36.2 Å². The van der Waals surface area contributed by atoms with E-state index in [1.54, 1.807) is 66.7 Å². The number of hydrogen-bond donors (Lipinski definition) is 1. The predicted octanol–water partition coefficient (Wildman–Crippen LogP) is 4.75. The molecule has 7 nitrogen and oxygen atoms in total. The van der Waals surface area contributed by atoms with Gasteiger partial charge in [-0.1, -0.05) is 72.8 Å². The van der Waals surface area contributed by atoms with Gasteiger partial charge in [-0.25, -0.2) is 9.59 Å². The number of benzene rings is 3. The fraction of sp³-hybridized carbons (Fsp3) is 0.290. The molecule has 38 heavy (non-hydrogen) atoms. The number of carbonyl (C=O) groups is 2. The molecular weight excluding hydrogens is 484 g/mol. The topological polar surface area (TPSA) is 91.3 Å². The lowest BCUT2D eigenvalue weighted by atomic mass is 10.0. The Morgan fingerprint density at radius 1 is 0.868 bits per heavy atom. The molecule has 1 aliphatic rings. The van der Waals surface area contributed by atoms with Crippen LogP contribution >= 0.6 is 0 Å². The molecule has 1 aliphatic heterocycles. The summed E-state index contributed by atoms with van der Waals surface area (Å²) in [4.78, 5) is 25.5. The van der Waals surface area contributed by atoms with E-state index >= 15 is 0 Å². The molecule has 4 rings (SSSR count). The van der Waals surface area contributed by atoms with E-state index in [0.717, 1.165) is 5.56 Å². The van der Waals surface area contributed by atoms with Crippen LogP contribution in [0.15, 0.2) is 104 Å².